The van der Waals surface area contributed by atoms with Crippen molar-refractivity contribution in [1.29, 1.82) is 0 Å². The van der Waals surface area contributed by atoms with Gasteiger partial charge in [0, 0.05) is 18.7 Å². The minimum atomic E-state index is -0.966. The van der Waals surface area contributed by atoms with Crippen LogP contribution in [0.5, 0.6) is 0 Å². The number of benzene rings is 1. The lowest BCUT2D eigenvalue weighted by Gasteiger charge is -2.33. The average Bonchev–Trinajstić information content (AvgIpc) is 2.84. The molecule has 1 aliphatic heterocycles. The summed E-state index contributed by atoms with van der Waals surface area (Å²) in [6.07, 6.45) is -0.366. The molecule has 0 spiro atoms. The summed E-state index contributed by atoms with van der Waals surface area (Å²) >= 11 is 0. The summed E-state index contributed by atoms with van der Waals surface area (Å²) in [4.78, 5) is 30.1. The molecular formula is C16H22N2O4. The second-order valence-corrected chi connectivity index (χ2v) is 6.57. The van der Waals surface area contributed by atoms with Crippen LogP contribution in [0.1, 0.15) is 36.7 Å². The molecule has 0 aromatic heterocycles. The number of carboxylic acid groups (broad SMARTS) is 1. The molecule has 0 aliphatic carbocycles. The molecule has 1 atom stereocenters. The maximum Gasteiger partial charge on any atom is 0.412 e. The SMILES string of the molecule is CON(C)C(=O)c1ccc2c(c1)CC(C(C)(C)C)N2C(=O)O. The molecule has 0 saturated carbocycles. The van der Waals surface area contributed by atoms with Crippen molar-refractivity contribution in [1.82, 2.24) is 5.06 Å². The molecule has 0 bridgehead atoms. The summed E-state index contributed by atoms with van der Waals surface area (Å²) < 4.78 is 0. The van der Waals surface area contributed by atoms with Gasteiger partial charge in [0.25, 0.3) is 5.91 Å². The van der Waals surface area contributed by atoms with E-state index >= 15 is 0 Å². The monoisotopic (exact) mass is 306 g/mol. The molecule has 1 N–H and O–H groups in total. The zero-order valence-corrected chi connectivity index (χ0v) is 13.6. The lowest BCUT2D eigenvalue weighted by molar-refractivity contribution is -0.0757. The first-order valence-electron chi connectivity index (χ1n) is 7.14. The van der Waals surface area contributed by atoms with E-state index in [2.05, 4.69) is 0 Å². The molecule has 1 heterocycles. The molecule has 1 aromatic rings. The van der Waals surface area contributed by atoms with Crippen molar-refractivity contribution in [3.63, 3.8) is 0 Å². The minimum Gasteiger partial charge on any atom is -0.465 e. The number of nitrogens with zero attached hydrogens (tertiary/aromatic N) is 2. The third-order valence-corrected chi connectivity index (χ3v) is 4.08. The quantitative estimate of drug-likeness (QED) is 0.853. The molecule has 2 rings (SSSR count). The van der Waals surface area contributed by atoms with Crippen LogP contribution in [0.4, 0.5) is 10.5 Å². The molecule has 2 amide bonds. The maximum absolute atomic E-state index is 12.1. The molecule has 0 saturated heterocycles. The topological polar surface area (TPSA) is 70.1 Å². The summed E-state index contributed by atoms with van der Waals surface area (Å²) in [5, 5.41) is 10.7. The normalized spacial score (nSPS) is 17.3. The number of anilines is 1. The van der Waals surface area contributed by atoms with Crippen molar-refractivity contribution in [3.8, 4) is 0 Å². The highest BCUT2D eigenvalue weighted by Gasteiger charge is 2.40. The van der Waals surface area contributed by atoms with Gasteiger partial charge in [-0.15, -0.1) is 0 Å². The van der Waals surface area contributed by atoms with Crippen molar-refractivity contribution in [2.24, 2.45) is 5.41 Å². The van der Waals surface area contributed by atoms with Gasteiger partial charge in [-0.25, -0.2) is 9.86 Å². The average molecular weight is 306 g/mol. The van der Waals surface area contributed by atoms with Crippen LogP contribution in [0.15, 0.2) is 18.2 Å². The Labute approximate surface area is 130 Å². The number of fused-ring (bicyclic) bond motifs is 1. The van der Waals surface area contributed by atoms with Gasteiger partial charge in [-0.1, -0.05) is 20.8 Å². The molecule has 1 aliphatic rings. The Hall–Kier alpha value is -2.08. The van der Waals surface area contributed by atoms with Gasteiger partial charge in [-0.05, 0) is 35.6 Å². The van der Waals surface area contributed by atoms with E-state index < -0.39 is 6.09 Å². The Morgan fingerprint density at radius 3 is 2.50 bits per heavy atom. The van der Waals surface area contributed by atoms with E-state index in [4.69, 9.17) is 4.84 Å². The Morgan fingerprint density at radius 2 is 2.00 bits per heavy atom. The van der Waals surface area contributed by atoms with Crippen LogP contribution in [0, 0.1) is 5.41 Å². The molecule has 22 heavy (non-hydrogen) atoms. The van der Waals surface area contributed by atoms with Crippen molar-refractivity contribution in [2.45, 2.75) is 33.2 Å². The standard InChI is InChI=1S/C16H22N2O4/c1-16(2,3)13-9-11-8-10(14(19)17(4)22-5)6-7-12(11)18(13)15(20)21/h6-8,13H,9H2,1-5H3,(H,20,21). The van der Waals surface area contributed by atoms with E-state index in [-0.39, 0.29) is 17.4 Å². The van der Waals surface area contributed by atoms with Gasteiger partial charge in [0.2, 0.25) is 0 Å². The van der Waals surface area contributed by atoms with E-state index in [0.717, 1.165) is 10.6 Å². The molecule has 6 heteroatoms. The van der Waals surface area contributed by atoms with Gasteiger partial charge < -0.3 is 5.11 Å². The van der Waals surface area contributed by atoms with Crippen molar-refractivity contribution < 1.29 is 19.5 Å². The zero-order chi connectivity index (χ0) is 16.7. The first-order chi connectivity index (χ1) is 10.2. The van der Waals surface area contributed by atoms with Crippen molar-refractivity contribution >= 4 is 17.7 Å². The summed E-state index contributed by atoms with van der Waals surface area (Å²) in [5.74, 6) is -0.258. The number of carbonyl (C=O) groups is 2. The predicted molar refractivity (Wildman–Crippen MR) is 83.0 cm³/mol. The van der Waals surface area contributed by atoms with E-state index in [9.17, 15) is 14.7 Å². The molecule has 0 fully saturated rings. The van der Waals surface area contributed by atoms with Gasteiger partial charge >= 0.3 is 6.09 Å². The maximum atomic E-state index is 12.1. The van der Waals surface area contributed by atoms with Crippen LogP contribution in [0.2, 0.25) is 0 Å². The van der Waals surface area contributed by atoms with E-state index in [1.165, 1.54) is 19.1 Å². The molecule has 1 aromatic carbocycles. The van der Waals surface area contributed by atoms with Crippen LogP contribution in [0.3, 0.4) is 0 Å². The summed E-state index contributed by atoms with van der Waals surface area (Å²) in [5.41, 5.74) is 1.83. The summed E-state index contributed by atoms with van der Waals surface area (Å²) in [7, 11) is 2.96. The third-order valence-electron chi connectivity index (χ3n) is 4.08. The van der Waals surface area contributed by atoms with Gasteiger partial charge in [0.1, 0.15) is 0 Å². The molecule has 0 radical (unpaired) electrons. The molecule has 120 valence electrons. The Balaban J connectivity index is 2.41. The van der Waals surface area contributed by atoms with Crippen LogP contribution in [0.25, 0.3) is 0 Å². The van der Waals surface area contributed by atoms with Gasteiger partial charge in [0.05, 0.1) is 12.8 Å². The fourth-order valence-corrected chi connectivity index (χ4v) is 2.78. The highest BCUT2D eigenvalue weighted by molar-refractivity contribution is 5.96. The fourth-order valence-electron chi connectivity index (χ4n) is 2.78. The largest absolute Gasteiger partial charge is 0.465 e. The Bertz CT molecular complexity index is 607. The number of carbonyl (C=O) groups excluding carboxylic acids is 1. The van der Waals surface area contributed by atoms with Crippen LogP contribution >= 0.6 is 0 Å². The fraction of sp³-hybridized carbons (Fsp3) is 0.500. The van der Waals surface area contributed by atoms with E-state index in [1.54, 1.807) is 18.2 Å². The smallest absolute Gasteiger partial charge is 0.412 e. The first-order valence-corrected chi connectivity index (χ1v) is 7.14. The van der Waals surface area contributed by atoms with Gasteiger partial charge in [-0.3, -0.25) is 14.5 Å². The van der Waals surface area contributed by atoms with E-state index in [1.807, 2.05) is 20.8 Å². The second kappa shape index (κ2) is 5.61. The van der Waals surface area contributed by atoms with Crippen LogP contribution in [-0.2, 0) is 11.3 Å². The number of hydrogen-bond acceptors (Lipinski definition) is 3. The van der Waals surface area contributed by atoms with E-state index in [0.29, 0.717) is 17.7 Å². The lowest BCUT2D eigenvalue weighted by Crippen LogP contribution is -2.44. The Kier molecular flexibility index (Phi) is 4.15. The zero-order valence-electron chi connectivity index (χ0n) is 13.6. The summed E-state index contributed by atoms with van der Waals surface area (Å²) in [6.45, 7) is 6.05. The number of hydroxylamine groups is 2. The predicted octanol–water partition coefficient (Wildman–Crippen LogP) is 2.78. The van der Waals surface area contributed by atoms with Gasteiger partial charge in [0.15, 0.2) is 0 Å². The van der Waals surface area contributed by atoms with Crippen molar-refractivity contribution in [2.75, 3.05) is 19.1 Å². The molecule has 6 nitrogen and oxygen atoms in total. The molecular weight excluding hydrogens is 284 g/mol. The van der Waals surface area contributed by atoms with Crippen LogP contribution in [-0.4, -0.2) is 42.4 Å². The van der Waals surface area contributed by atoms with Crippen LogP contribution < -0.4 is 4.90 Å². The highest BCUT2D eigenvalue weighted by atomic mass is 16.7. The minimum absolute atomic E-state index is 0.148. The highest BCUT2D eigenvalue weighted by Crippen LogP contribution is 2.40. The number of hydrogen-bond donors (Lipinski definition) is 1. The van der Waals surface area contributed by atoms with Crippen molar-refractivity contribution in [3.05, 3.63) is 29.3 Å². The van der Waals surface area contributed by atoms with Gasteiger partial charge in [-0.2, -0.15) is 0 Å². The first kappa shape index (κ1) is 16.3. The molecule has 1 unspecified atom stereocenters. The third kappa shape index (κ3) is 2.78. The second-order valence-electron chi connectivity index (χ2n) is 6.57. The number of amides is 2. The number of rotatable bonds is 2. The summed E-state index contributed by atoms with van der Waals surface area (Å²) in [6, 6.07) is 4.95. The lowest BCUT2D eigenvalue weighted by atomic mass is 9.84. The Morgan fingerprint density at radius 1 is 1.36 bits per heavy atom.